The third-order valence-corrected chi connectivity index (χ3v) is 3.62. The average Bonchev–Trinajstić information content (AvgIpc) is 2.31. The minimum atomic E-state index is -1.08. The smallest absolute Gasteiger partial charge is 0.0874 e. The molecule has 0 aromatic heterocycles. The van der Waals surface area contributed by atoms with Crippen LogP contribution in [0.4, 0.5) is 0 Å². The summed E-state index contributed by atoms with van der Waals surface area (Å²) >= 11 is 0. The number of hydrogen-bond acceptors (Lipinski definition) is 2. The third kappa shape index (κ3) is 9.46. The Kier molecular flexibility index (Phi) is 11.2. The van der Waals surface area contributed by atoms with Crippen molar-refractivity contribution in [3.05, 3.63) is 0 Å². The Balaban J connectivity index is 0.000000631. The van der Waals surface area contributed by atoms with Crippen LogP contribution in [0.15, 0.2) is 0 Å². The normalized spacial score (nSPS) is 23.1. The van der Waals surface area contributed by atoms with Gasteiger partial charge in [-0.25, -0.2) is 0 Å². The highest BCUT2D eigenvalue weighted by molar-refractivity contribution is 5.60. The van der Waals surface area contributed by atoms with Crippen molar-refractivity contribution in [3.63, 3.8) is 0 Å². The molecular formula is C15H31NO2. The zero-order chi connectivity index (χ0) is 13.8. The van der Waals surface area contributed by atoms with Gasteiger partial charge in [0.25, 0.3) is 0 Å². The van der Waals surface area contributed by atoms with Gasteiger partial charge in [-0.2, -0.15) is 0 Å². The van der Waals surface area contributed by atoms with Crippen LogP contribution in [-0.4, -0.2) is 25.1 Å². The fraction of sp³-hybridized carbons (Fsp3) is 0.933. The molecule has 0 aromatic rings. The molecule has 0 saturated carbocycles. The van der Waals surface area contributed by atoms with E-state index in [-0.39, 0.29) is 0 Å². The molecule has 0 aromatic carbocycles. The number of rotatable bonds is 6. The highest BCUT2D eigenvalue weighted by Crippen LogP contribution is 2.08. The standard InChI is InChI=1S/C13H27N.C2H4O2/c1-3-5-7-11-14-12-8-6-10-13(14)9-4-2;1-2(3)4/h13H,3-12H2,1-2H3;1H3,(H,3,4). The molecule has 1 aliphatic heterocycles. The molecule has 2 atom stereocenters. The minimum absolute atomic E-state index is 0.972. The Morgan fingerprint density at radius 2 is 1.89 bits per heavy atom. The maximum absolute atomic E-state index is 8.89. The van der Waals surface area contributed by atoms with E-state index in [1.807, 2.05) is 4.90 Å². The molecule has 3 heteroatoms. The van der Waals surface area contributed by atoms with Crippen LogP contribution in [0, 0.1) is 0 Å². The number of carboxylic acid groups (broad SMARTS) is 1. The summed E-state index contributed by atoms with van der Waals surface area (Å²) < 4.78 is 0. The van der Waals surface area contributed by atoms with E-state index in [0.29, 0.717) is 0 Å². The first-order valence-electron chi connectivity index (χ1n) is 7.63. The van der Waals surface area contributed by atoms with Gasteiger partial charge >= 0.3 is 0 Å². The van der Waals surface area contributed by atoms with Gasteiger partial charge in [0.15, 0.2) is 0 Å². The van der Waals surface area contributed by atoms with E-state index in [1.165, 1.54) is 64.5 Å². The van der Waals surface area contributed by atoms with E-state index >= 15 is 0 Å². The number of carbonyl (C=O) groups excluding carboxylic acids is 1. The third-order valence-electron chi connectivity index (χ3n) is 3.62. The van der Waals surface area contributed by atoms with Crippen LogP contribution in [0.25, 0.3) is 0 Å². The number of aliphatic carboxylic acids is 1. The zero-order valence-corrected chi connectivity index (χ0v) is 12.5. The van der Waals surface area contributed by atoms with E-state index in [4.69, 9.17) is 9.90 Å². The first-order chi connectivity index (χ1) is 8.61. The lowest BCUT2D eigenvalue weighted by Crippen LogP contribution is -3.16. The van der Waals surface area contributed by atoms with Crippen LogP contribution >= 0.6 is 0 Å². The van der Waals surface area contributed by atoms with Gasteiger partial charge in [0.1, 0.15) is 0 Å². The summed E-state index contributed by atoms with van der Waals surface area (Å²) in [6, 6.07) is 1.01. The Hall–Kier alpha value is -0.570. The average molecular weight is 257 g/mol. The molecule has 3 nitrogen and oxygen atoms in total. The summed E-state index contributed by atoms with van der Waals surface area (Å²) in [5.41, 5.74) is 0. The van der Waals surface area contributed by atoms with Crippen molar-refractivity contribution in [2.75, 3.05) is 13.1 Å². The molecule has 2 unspecified atom stereocenters. The van der Waals surface area contributed by atoms with Gasteiger partial charge in [-0.15, -0.1) is 0 Å². The quantitative estimate of drug-likeness (QED) is 0.726. The molecule has 0 aliphatic carbocycles. The predicted molar refractivity (Wildman–Crippen MR) is 73.4 cm³/mol. The summed E-state index contributed by atoms with van der Waals surface area (Å²) in [5, 5.41) is 8.89. The fourth-order valence-corrected chi connectivity index (χ4v) is 2.78. The molecule has 1 saturated heterocycles. The number of nitrogens with one attached hydrogen (secondary N) is 1. The summed E-state index contributed by atoms with van der Waals surface area (Å²) in [5.74, 6) is -1.08. The van der Waals surface area contributed by atoms with Crippen molar-refractivity contribution in [3.8, 4) is 0 Å². The lowest BCUT2D eigenvalue weighted by molar-refractivity contribution is -0.931. The van der Waals surface area contributed by atoms with E-state index in [0.717, 1.165) is 13.0 Å². The lowest BCUT2D eigenvalue weighted by Gasteiger charge is -2.32. The van der Waals surface area contributed by atoms with Gasteiger partial charge in [0.05, 0.1) is 19.1 Å². The molecule has 0 radical (unpaired) electrons. The Labute approximate surface area is 113 Å². The second-order valence-electron chi connectivity index (χ2n) is 5.34. The Bertz CT molecular complexity index is 201. The van der Waals surface area contributed by atoms with Crippen molar-refractivity contribution in [1.29, 1.82) is 0 Å². The SMILES string of the molecule is CC(=O)[O-].CCCCC[NH+]1CCCCC1CCC. The number of quaternary nitrogens is 1. The molecule has 108 valence electrons. The molecule has 1 N–H and O–H groups in total. The van der Waals surface area contributed by atoms with Crippen LogP contribution in [0.2, 0.25) is 0 Å². The topological polar surface area (TPSA) is 44.6 Å². The Morgan fingerprint density at radius 3 is 2.44 bits per heavy atom. The molecule has 0 amide bonds. The maximum atomic E-state index is 8.89. The van der Waals surface area contributed by atoms with Crippen molar-refractivity contribution in [2.45, 2.75) is 78.2 Å². The summed E-state index contributed by atoms with van der Waals surface area (Å²) in [6.45, 7) is 8.50. The van der Waals surface area contributed by atoms with E-state index in [1.54, 1.807) is 0 Å². The number of piperidine rings is 1. The van der Waals surface area contributed by atoms with E-state index in [2.05, 4.69) is 13.8 Å². The molecule has 1 rings (SSSR count). The maximum Gasteiger partial charge on any atom is 0.0874 e. The van der Waals surface area contributed by atoms with E-state index in [9.17, 15) is 0 Å². The molecular weight excluding hydrogens is 226 g/mol. The molecule has 1 aliphatic rings. The van der Waals surface area contributed by atoms with Crippen molar-refractivity contribution in [2.24, 2.45) is 0 Å². The van der Waals surface area contributed by atoms with E-state index < -0.39 is 5.97 Å². The molecule has 1 fully saturated rings. The largest absolute Gasteiger partial charge is 0.550 e. The number of carboxylic acids is 1. The van der Waals surface area contributed by atoms with Crippen molar-refractivity contribution >= 4 is 5.97 Å². The van der Waals surface area contributed by atoms with Gasteiger partial charge in [-0.05, 0) is 45.4 Å². The van der Waals surface area contributed by atoms with Gasteiger partial charge < -0.3 is 14.8 Å². The fourth-order valence-electron chi connectivity index (χ4n) is 2.78. The Morgan fingerprint density at radius 1 is 1.22 bits per heavy atom. The minimum Gasteiger partial charge on any atom is -0.550 e. The molecule has 0 spiro atoms. The van der Waals surface area contributed by atoms with Gasteiger partial charge in [0, 0.05) is 5.97 Å². The summed E-state index contributed by atoms with van der Waals surface area (Å²) in [6.07, 6.45) is 11.5. The monoisotopic (exact) mass is 257 g/mol. The highest BCUT2D eigenvalue weighted by atomic mass is 16.4. The molecule has 1 heterocycles. The molecule has 0 bridgehead atoms. The van der Waals surface area contributed by atoms with Crippen molar-refractivity contribution < 1.29 is 14.8 Å². The highest BCUT2D eigenvalue weighted by Gasteiger charge is 2.24. The summed E-state index contributed by atoms with van der Waals surface area (Å²) in [4.78, 5) is 10.8. The number of likely N-dealkylation sites (tertiary alicyclic amines) is 1. The first-order valence-corrected chi connectivity index (χ1v) is 7.63. The summed E-state index contributed by atoms with van der Waals surface area (Å²) in [7, 11) is 0. The van der Waals surface area contributed by atoms with Crippen LogP contribution < -0.4 is 10.0 Å². The lowest BCUT2D eigenvalue weighted by atomic mass is 9.98. The number of unbranched alkanes of at least 4 members (excludes halogenated alkanes) is 2. The van der Waals surface area contributed by atoms with Gasteiger partial charge in [-0.3, -0.25) is 0 Å². The molecule has 18 heavy (non-hydrogen) atoms. The van der Waals surface area contributed by atoms with Gasteiger partial charge in [0.2, 0.25) is 0 Å². The van der Waals surface area contributed by atoms with Crippen LogP contribution in [0.5, 0.6) is 0 Å². The van der Waals surface area contributed by atoms with Crippen LogP contribution in [0.3, 0.4) is 0 Å². The second kappa shape index (κ2) is 11.5. The zero-order valence-electron chi connectivity index (χ0n) is 12.5. The number of hydrogen-bond donors (Lipinski definition) is 1. The second-order valence-corrected chi connectivity index (χ2v) is 5.34. The number of carbonyl (C=O) groups is 1. The van der Waals surface area contributed by atoms with Crippen LogP contribution in [0.1, 0.15) is 72.1 Å². The van der Waals surface area contributed by atoms with Crippen molar-refractivity contribution in [1.82, 2.24) is 0 Å². The first kappa shape index (κ1) is 17.4. The predicted octanol–water partition coefficient (Wildman–Crippen LogP) is 1.17. The van der Waals surface area contributed by atoms with Gasteiger partial charge in [-0.1, -0.05) is 26.7 Å². The van der Waals surface area contributed by atoms with Crippen LogP contribution in [-0.2, 0) is 4.79 Å².